The van der Waals surface area contributed by atoms with Crippen LogP contribution < -0.4 is 15.0 Å². The molecule has 0 amide bonds. The lowest BCUT2D eigenvalue weighted by atomic mass is 9.95. The molecular formula is C21H26N6O. The fourth-order valence-corrected chi connectivity index (χ4v) is 3.72. The molecule has 0 saturated carbocycles. The molecule has 3 heterocycles. The van der Waals surface area contributed by atoms with E-state index in [1.165, 1.54) is 0 Å². The van der Waals surface area contributed by atoms with Crippen molar-refractivity contribution in [3.05, 3.63) is 47.9 Å². The maximum absolute atomic E-state index is 5.29. The molecular weight excluding hydrogens is 352 g/mol. The van der Waals surface area contributed by atoms with Gasteiger partial charge in [0.05, 0.1) is 7.11 Å². The molecule has 1 aliphatic rings. The van der Waals surface area contributed by atoms with Crippen molar-refractivity contribution in [1.29, 1.82) is 0 Å². The van der Waals surface area contributed by atoms with Gasteiger partial charge in [0.1, 0.15) is 17.4 Å². The number of anilines is 2. The molecule has 1 fully saturated rings. The minimum absolute atomic E-state index is 0.403. The van der Waals surface area contributed by atoms with E-state index in [0.29, 0.717) is 5.92 Å². The van der Waals surface area contributed by atoms with Gasteiger partial charge in [-0.05, 0) is 49.6 Å². The molecule has 7 nitrogen and oxygen atoms in total. The highest BCUT2D eigenvalue weighted by atomic mass is 16.5. The van der Waals surface area contributed by atoms with Crippen molar-refractivity contribution in [3.63, 3.8) is 0 Å². The number of benzene rings is 1. The van der Waals surface area contributed by atoms with E-state index in [1.807, 2.05) is 26.1 Å². The van der Waals surface area contributed by atoms with E-state index in [2.05, 4.69) is 49.7 Å². The molecule has 1 saturated heterocycles. The molecule has 1 aromatic carbocycles. The number of hydrogen-bond donors (Lipinski definition) is 2. The fourth-order valence-electron chi connectivity index (χ4n) is 3.72. The average Bonchev–Trinajstić information content (AvgIpc) is 3.23. The van der Waals surface area contributed by atoms with Crippen molar-refractivity contribution < 1.29 is 4.74 Å². The third-order valence-corrected chi connectivity index (χ3v) is 5.34. The molecule has 1 aliphatic heterocycles. The van der Waals surface area contributed by atoms with Gasteiger partial charge < -0.3 is 19.9 Å². The molecule has 7 heteroatoms. The van der Waals surface area contributed by atoms with Crippen LogP contribution in [0.15, 0.2) is 36.4 Å². The topological polar surface area (TPSA) is 79.0 Å². The van der Waals surface area contributed by atoms with Crippen molar-refractivity contribution in [3.8, 4) is 16.9 Å². The number of aryl methyl sites for hydroxylation is 1. The molecule has 2 N–H and O–H groups in total. The lowest BCUT2D eigenvalue weighted by Gasteiger charge is -2.33. The van der Waals surface area contributed by atoms with Gasteiger partial charge >= 0.3 is 0 Å². The third kappa shape index (κ3) is 3.65. The van der Waals surface area contributed by atoms with Crippen LogP contribution in [-0.4, -0.2) is 47.4 Å². The summed E-state index contributed by atoms with van der Waals surface area (Å²) in [5, 5.41) is 11.4. The highest BCUT2D eigenvalue weighted by molar-refractivity contribution is 5.76. The average molecular weight is 378 g/mol. The summed E-state index contributed by atoms with van der Waals surface area (Å²) in [5.41, 5.74) is 3.34. The highest BCUT2D eigenvalue weighted by Gasteiger charge is 2.25. The Morgan fingerprint density at radius 1 is 1.07 bits per heavy atom. The van der Waals surface area contributed by atoms with Gasteiger partial charge in [-0.15, -0.1) is 10.2 Å². The van der Waals surface area contributed by atoms with Crippen LogP contribution in [0.2, 0.25) is 0 Å². The van der Waals surface area contributed by atoms with E-state index < -0.39 is 0 Å². The van der Waals surface area contributed by atoms with Crippen molar-refractivity contribution in [2.45, 2.75) is 25.7 Å². The Hall–Kier alpha value is -3.09. The maximum atomic E-state index is 5.29. The quantitative estimate of drug-likeness (QED) is 0.706. The normalized spacial score (nSPS) is 14.9. The Balaban J connectivity index is 1.55. The standard InChI is InChI=1S/C21H26N6O/c1-14-4-9-18(15-5-7-17(28-3)8-6-15)20(23-14)27-12-10-16(11-13-27)19-24-21(22-2)26-25-19/h4-9,16H,10-13H2,1-3H3,(H2,22,24,25,26). The van der Waals surface area contributed by atoms with Gasteiger partial charge in [0.15, 0.2) is 0 Å². The molecule has 0 atom stereocenters. The molecule has 4 rings (SSSR count). The summed E-state index contributed by atoms with van der Waals surface area (Å²) in [6, 6.07) is 12.4. The lowest BCUT2D eigenvalue weighted by molar-refractivity contribution is 0.415. The molecule has 28 heavy (non-hydrogen) atoms. The van der Waals surface area contributed by atoms with E-state index >= 15 is 0 Å². The number of pyridine rings is 1. The van der Waals surface area contributed by atoms with Crippen LogP contribution >= 0.6 is 0 Å². The minimum atomic E-state index is 0.403. The number of nitrogens with one attached hydrogen (secondary N) is 2. The van der Waals surface area contributed by atoms with E-state index in [0.717, 1.165) is 66.1 Å². The molecule has 0 aliphatic carbocycles. The summed E-state index contributed by atoms with van der Waals surface area (Å²) >= 11 is 0. The highest BCUT2D eigenvalue weighted by Crippen LogP contribution is 2.34. The summed E-state index contributed by atoms with van der Waals surface area (Å²) in [6.07, 6.45) is 2.05. The first-order valence-corrected chi connectivity index (χ1v) is 9.65. The number of hydrogen-bond acceptors (Lipinski definition) is 6. The van der Waals surface area contributed by atoms with Crippen LogP contribution in [0.25, 0.3) is 11.1 Å². The number of aromatic amines is 1. The van der Waals surface area contributed by atoms with Gasteiger partial charge in [0.2, 0.25) is 5.95 Å². The molecule has 0 spiro atoms. The van der Waals surface area contributed by atoms with Crippen LogP contribution in [0.5, 0.6) is 5.75 Å². The summed E-state index contributed by atoms with van der Waals surface area (Å²) in [5.74, 6) is 4.01. The number of rotatable bonds is 5. The van der Waals surface area contributed by atoms with E-state index in [9.17, 15) is 0 Å². The number of piperidine rings is 1. The summed E-state index contributed by atoms with van der Waals surface area (Å²) in [4.78, 5) is 10.5. The largest absolute Gasteiger partial charge is 0.497 e. The van der Waals surface area contributed by atoms with E-state index in [-0.39, 0.29) is 0 Å². The molecule has 0 unspecified atom stereocenters. The Labute approximate surface area is 165 Å². The van der Waals surface area contributed by atoms with Gasteiger partial charge in [-0.1, -0.05) is 12.1 Å². The number of H-pyrrole nitrogens is 1. The number of methoxy groups -OCH3 is 1. The first kappa shape index (κ1) is 18.3. The molecule has 0 bridgehead atoms. The summed E-state index contributed by atoms with van der Waals surface area (Å²) in [7, 11) is 3.53. The Morgan fingerprint density at radius 2 is 1.82 bits per heavy atom. The number of nitrogens with zero attached hydrogens (tertiary/aromatic N) is 4. The van der Waals surface area contributed by atoms with Crippen LogP contribution in [0, 0.1) is 6.92 Å². The zero-order chi connectivity index (χ0) is 19.5. The zero-order valence-corrected chi connectivity index (χ0v) is 16.6. The lowest BCUT2D eigenvalue weighted by Crippen LogP contribution is -2.34. The van der Waals surface area contributed by atoms with Crippen LogP contribution in [0.3, 0.4) is 0 Å². The van der Waals surface area contributed by atoms with E-state index in [1.54, 1.807) is 7.11 Å². The van der Waals surface area contributed by atoms with E-state index in [4.69, 9.17) is 9.72 Å². The van der Waals surface area contributed by atoms with Gasteiger partial charge in [0, 0.05) is 37.3 Å². The Morgan fingerprint density at radius 3 is 2.46 bits per heavy atom. The van der Waals surface area contributed by atoms with Gasteiger partial charge in [-0.25, -0.2) is 4.98 Å². The first-order valence-electron chi connectivity index (χ1n) is 9.65. The van der Waals surface area contributed by atoms with Gasteiger partial charge in [0.25, 0.3) is 0 Å². The molecule has 146 valence electrons. The number of aromatic nitrogens is 4. The summed E-state index contributed by atoms with van der Waals surface area (Å²) < 4.78 is 5.29. The van der Waals surface area contributed by atoms with Crippen LogP contribution in [-0.2, 0) is 0 Å². The molecule has 3 aromatic rings. The monoisotopic (exact) mass is 378 g/mol. The molecule has 2 aromatic heterocycles. The smallest absolute Gasteiger partial charge is 0.221 e. The first-order chi connectivity index (χ1) is 13.7. The van der Waals surface area contributed by atoms with Crippen LogP contribution in [0.4, 0.5) is 11.8 Å². The van der Waals surface area contributed by atoms with Crippen molar-refractivity contribution in [1.82, 2.24) is 20.2 Å². The van der Waals surface area contributed by atoms with Crippen molar-refractivity contribution >= 4 is 11.8 Å². The van der Waals surface area contributed by atoms with Crippen molar-refractivity contribution in [2.75, 3.05) is 37.5 Å². The Bertz CT molecular complexity index is 928. The van der Waals surface area contributed by atoms with Crippen molar-refractivity contribution in [2.24, 2.45) is 0 Å². The number of ether oxygens (including phenoxy) is 1. The molecule has 0 radical (unpaired) electrons. The predicted molar refractivity (Wildman–Crippen MR) is 111 cm³/mol. The SMILES string of the molecule is CNc1nnc(C2CCN(c3nc(C)ccc3-c3ccc(OC)cc3)CC2)[nH]1. The minimum Gasteiger partial charge on any atom is -0.497 e. The predicted octanol–water partition coefficient (Wildman–Crippen LogP) is 3.61. The van der Waals surface area contributed by atoms with Gasteiger partial charge in [-0.3, -0.25) is 0 Å². The third-order valence-electron chi connectivity index (χ3n) is 5.34. The second kappa shape index (κ2) is 7.88. The second-order valence-electron chi connectivity index (χ2n) is 7.12. The second-order valence-corrected chi connectivity index (χ2v) is 7.12. The van der Waals surface area contributed by atoms with Gasteiger partial charge in [-0.2, -0.15) is 0 Å². The zero-order valence-electron chi connectivity index (χ0n) is 16.6. The van der Waals surface area contributed by atoms with Crippen LogP contribution in [0.1, 0.15) is 30.3 Å². The summed E-state index contributed by atoms with van der Waals surface area (Å²) in [6.45, 7) is 3.93. The Kier molecular flexibility index (Phi) is 5.14. The maximum Gasteiger partial charge on any atom is 0.221 e. The fraction of sp³-hybridized carbons (Fsp3) is 0.381.